The van der Waals surface area contributed by atoms with E-state index in [0.29, 0.717) is 23.6 Å². The Balaban J connectivity index is 1.94. The average molecular weight is 378 g/mol. The van der Waals surface area contributed by atoms with Crippen LogP contribution >= 0.6 is 0 Å². The molecule has 0 radical (unpaired) electrons. The number of sulfone groups is 1. The Morgan fingerprint density at radius 3 is 2.65 bits per heavy atom. The molecule has 0 fully saturated rings. The minimum atomic E-state index is -3.20. The molecule has 8 heteroatoms. The third kappa shape index (κ3) is 6.79. The summed E-state index contributed by atoms with van der Waals surface area (Å²) in [5.41, 5.74) is 2.13. The van der Waals surface area contributed by atoms with E-state index in [1.807, 2.05) is 18.2 Å². The molecule has 0 saturated heterocycles. The summed E-state index contributed by atoms with van der Waals surface area (Å²) < 4.78 is 36.7. The lowest BCUT2D eigenvalue weighted by molar-refractivity contribution is 0.599. The number of hydrogen-bond acceptors (Lipinski definition) is 4. The van der Waals surface area contributed by atoms with Crippen molar-refractivity contribution < 1.29 is 12.8 Å². The zero-order chi connectivity index (χ0) is 19.0. The fourth-order valence-corrected chi connectivity index (χ4v) is 3.28. The number of halogens is 1. The molecular weight excluding hydrogens is 355 g/mol. The van der Waals surface area contributed by atoms with E-state index in [2.05, 4.69) is 20.6 Å². The monoisotopic (exact) mass is 378 g/mol. The Morgan fingerprint density at radius 2 is 2.00 bits per heavy atom. The number of pyridine rings is 1. The second-order valence-corrected chi connectivity index (χ2v) is 8.05. The van der Waals surface area contributed by atoms with Crippen LogP contribution < -0.4 is 10.6 Å². The van der Waals surface area contributed by atoms with Gasteiger partial charge >= 0.3 is 0 Å². The van der Waals surface area contributed by atoms with Crippen LogP contribution in [0, 0.1) is 5.82 Å². The van der Waals surface area contributed by atoms with Crippen LogP contribution in [0.25, 0.3) is 0 Å². The minimum Gasteiger partial charge on any atom is -0.356 e. The molecule has 0 unspecified atom stereocenters. The van der Waals surface area contributed by atoms with E-state index in [0.717, 1.165) is 18.4 Å². The SMILES string of the molecule is CN=C(NCCc1ccccn1)NCc1cc(F)ccc1CS(C)(=O)=O. The molecule has 0 atom stereocenters. The standard InChI is InChI=1S/C18H23FN4O2S/c1-20-18(22-10-8-17-5-3-4-9-21-17)23-12-15-11-16(19)7-6-14(15)13-26(2,24)25/h3-7,9,11H,8,10,12-13H2,1-2H3,(H2,20,22,23). The van der Waals surface area contributed by atoms with Gasteiger partial charge in [-0.05, 0) is 35.4 Å². The molecule has 1 heterocycles. The third-order valence-corrected chi connectivity index (χ3v) is 4.49. The van der Waals surface area contributed by atoms with Crippen molar-refractivity contribution in [3.05, 3.63) is 65.2 Å². The number of nitrogens with zero attached hydrogens (tertiary/aromatic N) is 2. The molecule has 2 N–H and O–H groups in total. The molecule has 26 heavy (non-hydrogen) atoms. The third-order valence-electron chi connectivity index (χ3n) is 3.66. The Bertz CT molecular complexity index is 855. The molecule has 1 aromatic carbocycles. The lowest BCUT2D eigenvalue weighted by atomic mass is 10.1. The quantitative estimate of drug-likeness (QED) is 0.566. The Labute approximate surface area is 153 Å². The summed E-state index contributed by atoms with van der Waals surface area (Å²) >= 11 is 0. The molecule has 140 valence electrons. The maximum absolute atomic E-state index is 13.5. The molecule has 2 rings (SSSR count). The van der Waals surface area contributed by atoms with Crippen LogP contribution in [0.5, 0.6) is 0 Å². The van der Waals surface area contributed by atoms with Crippen LogP contribution in [0.3, 0.4) is 0 Å². The van der Waals surface area contributed by atoms with Gasteiger partial charge in [0.2, 0.25) is 0 Å². The molecule has 0 aliphatic heterocycles. The summed E-state index contributed by atoms with van der Waals surface area (Å²) in [6.07, 6.45) is 3.64. The summed E-state index contributed by atoms with van der Waals surface area (Å²) in [5.74, 6) is 0.0170. The topological polar surface area (TPSA) is 83.4 Å². The molecule has 0 saturated carbocycles. The molecule has 0 aliphatic carbocycles. The number of rotatable bonds is 7. The summed E-state index contributed by atoms with van der Waals surface area (Å²) in [6.45, 7) is 0.905. The fraction of sp³-hybridized carbons (Fsp3) is 0.333. The maximum Gasteiger partial charge on any atom is 0.191 e. The molecule has 1 aromatic heterocycles. The highest BCUT2D eigenvalue weighted by atomic mass is 32.2. The van der Waals surface area contributed by atoms with Crippen molar-refractivity contribution >= 4 is 15.8 Å². The number of aliphatic imine (C=N–C) groups is 1. The summed E-state index contributed by atoms with van der Waals surface area (Å²) in [4.78, 5) is 8.37. The van der Waals surface area contributed by atoms with Crippen LogP contribution in [-0.2, 0) is 28.6 Å². The number of aromatic nitrogens is 1. The predicted molar refractivity (Wildman–Crippen MR) is 101 cm³/mol. The fourth-order valence-electron chi connectivity index (χ4n) is 2.44. The van der Waals surface area contributed by atoms with Crippen molar-refractivity contribution in [2.75, 3.05) is 19.8 Å². The van der Waals surface area contributed by atoms with Crippen LogP contribution in [0.4, 0.5) is 4.39 Å². The highest BCUT2D eigenvalue weighted by molar-refractivity contribution is 7.89. The smallest absolute Gasteiger partial charge is 0.191 e. The van der Waals surface area contributed by atoms with Crippen LogP contribution in [0.15, 0.2) is 47.6 Å². The van der Waals surface area contributed by atoms with Crippen molar-refractivity contribution in [3.63, 3.8) is 0 Å². The highest BCUT2D eigenvalue weighted by Crippen LogP contribution is 2.14. The molecular formula is C18H23FN4O2S. The van der Waals surface area contributed by atoms with Crippen molar-refractivity contribution in [1.82, 2.24) is 15.6 Å². The van der Waals surface area contributed by atoms with Gasteiger partial charge in [-0.15, -0.1) is 0 Å². The number of hydrogen-bond donors (Lipinski definition) is 2. The van der Waals surface area contributed by atoms with Gasteiger partial charge in [0, 0.05) is 44.7 Å². The first-order valence-electron chi connectivity index (χ1n) is 8.17. The van der Waals surface area contributed by atoms with E-state index in [9.17, 15) is 12.8 Å². The van der Waals surface area contributed by atoms with Crippen molar-refractivity contribution in [3.8, 4) is 0 Å². The summed E-state index contributed by atoms with van der Waals surface area (Å²) in [6, 6.07) is 9.86. The zero-order valence-electron chi connectivity index (χ0n) is 14.9. The zero-order valence-corrected chi connectivity index (χ0v) is 15.7. The van der Waals surface area contributed by atoms with E-state index < -0.39 is 15.7 Å². The number of benzene rings is 1. The predicted octanol–water partition coefficient (Wildman–Crippen LogP) is 1.67. The van der Waals surface area contributed by atoms with E-state index in [1.165, 1.54) is 18.2 Å². The Kier molecular flexibility index (Phi) is 7.08. The lowest BCUT2D eigenvalue weighted by Gasteiger charge is -2.14. The van der Waals surface area contributed by atoms with Gasteiger partial charge < -0.3 is 10.6 Å². The van der Waals surface area contributed by atoms with Crippen molar-refractivity contribution in [2.24, 2.45) is 4.99 Å². The normalized spacial score (nSPS) is 12.0. The van der Waals surface area contributed by atoms with Gasteiger partial charge in [0.1, 0.15) is 5.82 Å². The maximum atomic E-state index is 13.5. The second-order valence-electron chi connectivity index (χ2n) is 5.91. The van der Waals surface area contributed by atoms with Gasteiger partial charge in [0.15, 0.2) is 15.8 Å². The first kappa shape index (κ1) is 19.8. The van der Waals surface area contributed by atoms with Gasteiger partial charge in [0.25, 0.3) is 0 Å². The average Bonchev–Trinajstić information content (AvgIpc) is 2.60. The van der Waals surface area contributed by atoms with Crippen LogP contribution in [0.1, 0.15) is 16.8 Å². The Hall–Kier alpha value is -2.48. The number of guanidine groups is 1. The summed E-state index contributed by atoms with van der Waals surface area (Å²) in [7, 11) is -1.57. The molecule has 2 aromatic rings. The van der Waals surface area contributed by atoms with Gasteiger partial charge in [-0.1, -0.05) is 12.1 Å². The van der Waals surface area contributed by atoms with Crippen molar-refractivity contribution in [1.29, 1.82) is 0 Å². The minimum absolute atomic E-state index is 0.129. The van der Waals surface area contributed by atoms with Gasteiger partial charge in [-0.25, -0.2) is 12.8 Å². The van der Waals surface area contributed by atoms with E-state index in [4.69, 9.17) is 0 Å². The first-order valence-corrected chi connectivity index (χ1v) is 10.2. The van der Waals surface area contributed by atoms with Gasteiger partial charge in [-0.3, -0.25) is 9.98 Å². The molecule has 0 amide bonds. The molecule has 0 aliphatic rings. The van der Waals surface area contributed by atoms with E-state index in [1.54, 1.807) is 13.2 Å². The molecule has 0 spiro atoms. The van der Waals surface area contributed by atoms with E-state index >= 15 is 0 Å². The van der Waals surface area contributed by atoms with Gasteiger partial charge in [-0.2, -0.15) is 0 Å². The lowest BCUT2D eigenvalue weighted by Crippen LogP contribution is -2.38. The summed E-state index contributed by atoms with van der Waals surface area (Å²) in [5, 5.41) is 6.24. The largest absolute Gasteiger partial charge is 0.356 e. The van der Waals surface area contributed by atoms with Crippen LogP contribution in [-0.4, -0.2) is 39.2 Å². The molecule has 0 bridgehead atoms. The molecule has 6 nitrogen and oxygen atoms in total. The van der Waals surface area contributed by atoms with E-state index in [-0.39, 0.29) is 12.3 Å². The Morgan fingerprint density at radius 1 is 1.19 bits per heavy atom. The van der Waals surface area contributed by atoms with Crippen molar-refractivity contribution in [2.45, 2.75) is 18.7 Å². The second kappa shape index (κ2) is 9.28. The van der Waals surface area contributed by atoms with Crippen LogP contribution in [0.2, 0.25) is 0 Å². The highest BCUT2D eigenvalue weighted by Gasteiger charge is 2.11. The first-order chi connectivity index (χ1) is 12.4. The number of nitrogens with one attached hydrogen (secondary N) is 2. The van der Waals surface area contributed by atoms with Gasteiger partial charge in [0.05, 0.1) is 5.75 Å².